The number of likely N-dealkylation sites (N-methyl/N-ethyl adjacent to an activating group) is 1. The number of benzene rings is 1. The van der Waals surface area contributed by atoms with Crippen LogP contribution in [0.1, 0.15) is 27.7 Å². The smallest absolute Gasteiger partial charge is 0.248 e. The van der Waals surface area contributed by atoms with Crippen molar-refractivity contribution in [3.05, 3.63) is 57.8 Å². The fraction of sp³-hybridized carbons (Fsp3) is 0.333. The number of amides is 1. The van der Waals surface area contributed by atoms with E-state index >= 15 is 0 Å². The molecule has 2 aromatic rings. The van der Waals surface area contributed by atoms with Crippen LogP contribution in [0.4, 0.5) is 0 Å². The van der Waals surface area contributed by atoms with Crippen LogP contribution >= 0.6 is 11.3 Å². The van der Waals surface area contributed by atoms with E-state index in [2.05, 4.69) is 39.6 Å². The lowest BCUT2D eigenvalue weighted by molar-refractivity contribution is 0.100. The minimum atomic E-state index is -0.410. The average molecular weight is 344 g/mol. The Morgan fingerprint density at radius 3 is 2.62 bits per heavy atom. The van der Waals surface area contributed by atoms with Gasteiger partial charge < -0.3 is 16.0 Å². The maximum atomic E-state index is 11.1. The van der Waals surface area contributed by atoms with Crippen molar-refractivity contribution in [3.63, 3.8) is 0 Å². The van der Waals surface area contributed by atoms with Crippen LogP contribution in [0, 0.1) is 0 Å². The number of carbonyl (C=O) groups is 1. The molecule has 0 saturated carbocycles. The molecule has 0 aliphatic rings. The van der Waals surface area contributed by atoms with E-state index in [1.807, 2.05) is 19.2 Å². The summed E-state index contributed by atoms with van der Waals surface area (Å²) in [6.07, 6.45) is 1.01. The van der Waals surface area contributed by atoms with Crippen molar-refractivity contribution in [2.45, 2.75) is 19.9 Å². The third-order valence-corrected chi connectivity index (χ3v) is 4.56. The van der Waals surface area contributed by atoms with Crippen molar-refractivity contribution in [1.82, 2.24) is 10.2 Å². The molecule has 0 saturated heterocycles. The van der Waals surface area contributed by atoms with Crippen LogP contribution in [0.25, 0.3) is 0 Å². The zero-order chi connectivity index (χ0) is 17.4. The Labute approximate surface area is 147 Å². The number of hydrogen-bond donors (Lipinski definition) is 2. The fourth-order valence-electron chi connectivity index (χ4n) is 2.25. The van der Waals surface area contributed by atoms with Gasteiger partial charge in [-0.25, -0.2) is 4.99 Å². The van der Waals surface area contributed by atoms with Crippen LogP contribution in [-0.4, -0.2) is 36.9 Å². The maximum absolute atomic E-state index is 11.1. The molecular formula is C18H24N4OS. The fourth-order valence-corrected chi connectivity index (χ4v) is 2.95. The molecule has 24 heavy (non-hydrogen) atoms. The molecule has 1 heterocycles. The zero-order valence-corrected chi connectivity index (χ0v) is 15.0. The van der Waals surface area contributed by atoms with E-state index < -0.39 is 5.91 Å². The summed E-state index contributed by atoms with van der Waals surface area (Å²) in [5.41, 5.74) is 6.82. The molecule has 0 aliphatic carbocycles. The molecule has 0 spiro atoms. The molecule has 3 N–H and O–H groups in total. The van der Waals surface area contributed by atoms with Gasteiger partial charge >= 0.3 is 0 Å². The largest absolute Gasteiger partial charge is 0.366 e. The summed E-state index contributed by atoms with van der Waals surface area (Å²) >= 11 is 1.78. The number of guanidine groups is 1. The van der Waals surface area contributed by atoms with Gasteiger partial charge in [0.1, 0.15) is 0 Å². The first kappa shape index (κ1) is 18.0. The van der Waals surface area contributed by atoms with Crippen molar-refractivity contribution < 1.29 is 4.79 Å². The van der Waals surface area contributed by atoms with Gasteiger partial charge in [-0.15, -0.1) is 11.3 Å². The molecular weight excluding hydrogens is 320 g/mol. The van der Waals surface area contributed by atoms with Crippen LogP contribution in [0.3, 0.4) is 0 Å². The lowest BCUT2D eigenvalue weighted by Crippen LogP contribution is -2.39. The van der Waals surface area contributed by atoms with Gasteiger partial charge in [-0.05, 0) is 42.5 Å². The highest BCUT2D eigenvalue weighted by Crippen LogP contribution is 2.10. The molecule has 2 rings (SSSR count). The Kier molecular flexibility index (Phi) is 6.81. The minimum Gasteiger partial charge on any atom is -0.366 e. The van der Waals surface area contributed by atoms with Crippen molar-refractivity contribution in [1.29, 1.82) is 0 Å². The lowest BCUT2D eigenvalue weighted by Gasteiger charge is -2.21. The minimum absolute atomic E-state index is 0.410. The van der Waals surface area contributed by atoms with Crippen molar-refractivity contribution >= 4 is 23.2 Å². The van der Waals surface area contributed by atoms with Crippen molar-refractivity contribution in [3.8, 4) is 0 Å². The number of nitrogens with zero attached hydrogens (tertiary/aromatic N) is 2. The highest BCUT2D eigenvalue weighted by molar-refractivity contribution is 7.09. The Bertz CT molecular complexity index is 665. The summed E-state index contributed by atoms with van der Waals surface area (Å²) in [7, 11) is 2.05. The van der Waals surface area contributed by atoms with E-state index in [0.717, 1.165) is 31.0 Å². The van der Waals surface area contributed by atoms with E-state index in [9.17, 15) is 4.79 Å². The third kappa shape index (κ3) is 5.38. The van der Waals surface area contributed by atoms with E-state index in [1.165, 1.54) is 4.88 Å². The van der Waals surface area contributed by atoms with Gasteiger partial charge in [0.05, 0.1) is 6.54 Å². The van der Waals surface area contributed by atoms with Gasteiger partial charge in [-0.3, -0.25) is 4.79 Å². The molecule has 1 amide bonds. The first-order chi connectivity index (χ1) is 11.6. The molecule has 1 aromatic carbocycles. The zero-order valence-electron chi connectivity index (χ0n) is 14.2. The third-order valence-electron chi connectivity index (χ3n) is 3.62. The van der Waals surface area contributed by atoms with Crippen LogP contribution < -0.4 is 11.1 Å². The Morgan fingerprint density at radius 1 is 1.29 bits per heavy atom. The molecule has 0 bridgehead atoms. The number of primary amides is 1. The van der Waals surface area contributed by atoms with Gasteiger partial charge in [-0.1, -0.05) is 18.2 Å². The number of nitrogens with one attached hydrogen (secondary N) is 1. The molecule has 1 aromatic heterocycles. The standard InChI is InChI=1S/C18H24N4OS/c1-3-20-18(22(2)11-10-16-5-4-12-24-16)21-13-14-6-8-15(9-7-14)17(19)23/h4-9,12H,3,10-11,13H2,1-2H3,(H2,19,23)(H,20,21). The lowest BCUT2D eigenvalue weighted by atomic mass is 10.1. The number of hydrogen-bond acceptors (Lipinski definition) is 3. The van der Waals surface area contributed by atoms with Gasteiger partial charge in [0, 0.05) is 30.6 Å². The normalized spacial score (nSPS) is 11.3. The predicted octanol–water partition coefficient (Wildman–Crippen LogP) is 2.49. The molecule has 5 nitrogen and oxygen atoms in total. The SMILES string of the molecule is CCNC(=NCc1ccc(C(N)=O)cc1)N(C)CCc1cccs1. The van der Waals surface area contributed by atoms with E-state index in [1.54, 1.807) is 23.5 Å². The summed E-state index contributed by atoms with van der Waals surface area (Å²) in [5.74, 6) is 0.472. The highest BCUT2D eigenvalue weighted by Gasteiger charge is 2.06. The van der Waals surface area contributed by atoms with Crippen LogP contribution in [-0.2, 0) is 13.0 Å². The summed E-state index contributed by atoms with van der Waals surface area (Å²) in [6, 6.07) is 11.5. The second-order valence-electron chi connectivity index (χ2n) is 5.48. The van der Waals surface area contributed by atoms with Gasteiger partial charge in [0.25, 0.3) is 0 Å². The number of rotatable bonds is 7. The number of aliphatic imine (C=N–C) groups is 1. The van der Waals surface area contributed by atoms with E-state index in [0.29, 0.717) is 12.1 Å². The molecule has 0 atom stereocenters. The Morgan fingerprint density at radius 2 is 2.04 bits per heavy atom. The summed E-state index contributed by atoms with van der Waals surface area (Å²) < 4.78 is 0. The first-order valence-electron chi connectivity index (χ1n) is 8.00. The van der Waals surface area contributed by atoms with E-state index in [4.69, 9.17) is 5.73 Å². The summed E-state index contributed by atoms with van der Waals surface area (Å²) in [5, 5.41) is 5.42. The number of carbonyl (C=O) groups excluding carboxylic acids is 1. The van der Waals surface area contributed by atoms with Crippen LogP contribution in [0.5, 0.6) is 0 Å². The van der Waals surface area contributed by atoms with Crippen molar-refractivity contribution in [2.75, 3.05) is 20.1 Å². The van der Waals surface area contributed by atoms with Gasteiger partial charge in [-0.2, -0.15) is 0 Å². The number of nitrogens with two attached hydrogens (primary N) is 1. The summed E-state index contributed by atoms with van der Waals surface area (Å²) in [4.78, 5) is 19.3. The molecule has 0 unspecified atom stereocenters. The molecule has 128 valence electrons. The summed E-state index contributed by atoms with van der Waals surface area (Å²) in [6.45, 7) is 4.35. The molecule has 0 fully saturated rings. The monoisotopic (exact) mass is 344 g/mol. The average Bonchev–Trinajstić information content (AvgIpc) is 3.10. The van der Waals surface area contributed by atoms with Crippen molar-refractivity contribution in [2.24, 2.45) is 10.7 Å². The van der Waals surface area contributed by atoms with Gasteiger partial charge in [0.15, 0.2) is 5.96 Å². The predicted molar refractivity (Wildman–Crippen MR) is 100 cm³/mol. The Balaban J connectivity index is 1.97. The first-order valence-corrected chi connectivity index (χ1v) is 8.88. The molecule has 0 radical (unpaired) electrons. The highest BCUT2D eigenvalue weighted by atomic mass is 32.1. The molecule has 6 heteroatoms. The number of thiophene rings is 1. The van der Waals surface area contributed by atoms with Crippen LogP contribution in [0.2, 0.25) is 0 Å². The second-order valence-corrected chi connectivity index (χ2v) is 6.51. The van der Waals surface area contributed by atoms with E-state index in [-0.39, 0.29) is 0 Å². The quantitative estimate of drug-likeness (QED) is 0.599. The maximum Gasteiger partial charge on any atom is 0.248 e. The van der Waals surface area contributed by atoms with Crippen LogP contribution in [0.15, 0.2) is 46.8 Å². The topological polar surface area (TPSA) is 70.7 Å². The Hall–Kier alpha value is -2.34. The molecule has 0 aliphatic heterocycles. The second kappa shape index (κ2) is 9.08. The van der Waals surface area contributed by atoms with Gasteiger partial charge in [0.2, 0.25) is 5.91 Å².